The van der Waals surface area contributed by atoms with Crippen molar-refractivity contribution < 1.29 is 32.1 Å². The van der Waals surface area contributed by atoms with Gasteiger partial charge in [0, 0.05) is 25.3 Å². The number of alkyl halides is 1. The highest BCUT2D eigenvalue weighted by Crippen LogP contribution is 2.40. The van der Waals surface area contributed by atoms with E-state index in [0.29, 0.717) is 12.1 Å². The molecule has 2 aromatic heterocycles. The molecule has 0 amide bonds. The minimum atomic E-state index is -1.16. The third-order valence-electron chi connectivity index (χ3n) is 7.07. The lowest BCUT2D eigenvalue weighted by atomic mass is 9.89. The topological polar surface area (TPSA) is 98.3 Å². The van der Waals surface area contributed by atoms with Crippen molar-refractivity contribution in [3.8, 4) is 11.3 Å². The van der Waals surface area contributed by atoms with Crippen molar-refractivity contribution in [3.63, 3.8) is 0 Å². The summed E-state index contributed by atoms with van der Waals surface area (Å²) >= 11 is 5.71. The van der Waals surface area contributed by atoms with E-state index in [1.165, 1.54) is 34.8 Å². The highest BCUT2D eigenvalue weighted by Gasteiger charge is 2.53. The molecular weight excluding hydrogens is 541 g/mol. The first-order chi connectivity index (χ1) is 18.4. The summed E-state index contributed by atoms with van der Waals surface area (Å²) in [6.07, 6.45) is 1.23. The number of nitrogens with zero attached hydrogens (tertiary/aromatic N) is 6. The zero-order valence-electron chi connectivity index (χ0n) is 22.1. The summed E-state index contributed by atoms with van der Waals surface area (Å²) < 4.78 is 69.8. The first-order valence-corrected chi connectivity index (χ1v) is 12.9. The Labute approximate surface area is 228 Å². The molecule has 4 heterocycles. The van der Waals surface area contributed by atoms with E-state index in [1.54, 1.807) is 33.9 Å². The van der Waals surface area contributed by atoms with Gasteiger partial charge in [0.2, 0.25) is 0 Å². The smallest absolute Gasteiger partial charge is 0.178 e. The fraction of sp³-hybridized carbons (Fsp3) is 0.600. The van der Waals surface area contributed by atoms with Crippen LogP contribution in [0.15, 0.2) is 24.5 Å². The molecule has 2 saturated heterocycles. The van der Waals surface area contributed by atoms with Crippen LogP contribution in [0.5, 0.6) is 0 Å². The summed E-state index contributed by atoms with van der Waals surface area (Å²) in [5.74, 6) is -3.20. The van der Waals surface area contributed by atoms with Crippen LogP contribution in [0.25, 0.3) is 11.3 Å². The van der Waals surface area contributed by atoms with E-state index in [2.05, 4.69) is 20.6 Å². The lowest BCUT2D eigenvalue weighted by molar-refractivity contribution is -0.349. The van der Waals surface area contributed by atoms with E-state index >= 15 is 0 Å². The molecule has 0 bridgehead atoms. The normalized spacial score (nSPS) is 26.9. The molecule has 3 aromatic rings. The van der Waals surface area contributed by atoms with Crippen LogP contribution in [0, 0.1) is 11.6 Å². The average Bonchev–Trinajstić information content (AvgIpc) is 3.57. The molecule has 0 radical (unpaired) electrons. The van der Waals surface area contributed by atoms with Gasteiger partial charge >= 0.3 is 0 Å². The number of rotatable bonds is 7. The van der Waals surface area contributed by atoms with Gasteiger partial charge in [-0.05, 0) is 39.8 Å². The lowest BCUT2D eigenvalue weighted by Crippen LogP contribution is -2.62. The number of hydrogen-bond acceptors (Lipinski definition) is 8. The quantitative estimate of drug-likeness (QED) is 0.395. The van der Waals surface area contributed by atoms with E-state index in [1.807, 2.05) is 0 Å². The van der Waals surface area contributed by atoms with Crippen molar-refractivity contribution in [2.24, 2.45) is 0 Å². The molecule has 2 aliphatic heterocycles. The Bertz CT molecular complexity index is 1330. The fourth-order valence-electron chi connectivity index (χ4n) is 4.91. The largest absolute Gasteiger partial charge is 0.376 e. The Kier molecular flexibility index (Phi) is 7.48. The lowest BCUT2D eigenvalue weighted by Gasteiger charge is -2.51. The third-order valence-corrected chi connectivity index (χ3v) is 7.36. The van der Waals surface area contributed by atoms with Crippen molar-refractivity contribution in [1.29, 1.82) is 0 Å². The SMILES string of the molecule is CO[C@@H]1[C@@H](n2cc(-c3ccc(Cl)c(F)c3F)nn2)[C@H]2OC(C)(C)OC[C@H]2O[C@@H]1Cc1cn(C(C)(C)CF)nn1. The second kappa shape index (κ2) is 10.4. The van der Waals surface area contributed by atoms with Gasteiger partial charge in [0.25, 0.3) is 0 Å². The number of fused-ring (bicyclic) bond motifs is 1. The maximum atomic E-state index is 14.7. The highest BCUT2D eigenvalue weighted by molar-refractivity contribution is 6.30. The molecule has 5 rings (SSSR count). The predicted molar refractivity (Wildman–Crippen MR) is 133 cm³/mol. The summed E-state index contributed by atoms with van der Waals surface area (Å²) in [5, 5.41) is 16.3. The maximum absolute atomic E-state index is 14.7. The Morgan fingerprint density at radius 1 is 1.15 bits per heavy atom. The molecule has 2 fully saturated rings. The number of benzene rings is 1. The van der Waals surface area contributed by atoms with E-state index in [0.717, 1.165) is 0 Å². The Balaban J connectivity index is 1.49. The second-order valence-electron chi connectivity index (χ2n) is 10.8. The van der Waals surface area contributed by atoms with Crippen LogP contribution in [0.3, 0.4) is 0 Å². The first kappa shape index (κ1) is 28.0. The number of halogens is 4. The van der Waals surface area contributed by atoms with Gasteiger partial charge in [0.1, 0.15) is 36.7 Å². The van der Waals surface area contributed by atoms with E-state index in [4.69, 9.17) is 30.5 Å². The first-order valence-electron chi connectivity index (χ1n) is 12.5. The fourth-order valence-corrected chi connectivity index (χ4v) is 5.06. The minimum absolute atomic E-state index is 0.0856. The summed E-state index contributed by atoms with van der Waals surface area (Å²) in [4.78, 5) is 0. The van der Waals surface area contributed by atoms with Crippen LogP contribution in [0.1, 0.15) is 39.4 Å². The van der Waals surface area contributed by atoms with Crippen LogP contribution in [0.4, 0.5) is 13.2 Å². The van der Waals surface area contributed by atoms with Gasteiger partial charge < -0.3 is 18.9 Å². The van der Waals surface area contributed by atoms with Crippen LogP contribution < -0.4 is 0 Å². The summed E-state index contributed by atoms with van der Waals surface area (Å²) in [7, 11) is 1.54. The Morgan fingerprint density at radius 2 is 1.92 bits per heavy atom. The van der Waals surface area contributed by atoms with Gasteiger partial charge in [-0.2, -0.15) is 0 Å². The number of aromatic nitrogens is 6. The van der Waals surface area contributed by atoms with Gasteiger partial charge in [-0.1, -0.05) is 22.0 Å². The van der Waals surface area contributed by atoms with Gasteiger partial charge in [0.05, 0.1) is 35.2 Å². The molecule has 0 N–H and O–H groups in total. The molecule has 5 atom stereocenters. The zero-order chi connectivity index (χ0) is 28.1. The number of ether oxygens (including phenoxy) is 4. The van der Waals surface area contributed by atoms with Gasteiger partial charge in [-0.3, -0.25) is 0 Å². The van der Waals surface area contributed by atoms with Gasteiger partial charge in [0.15, 0.2) is 17.4 Å². The Hall–Kier alpha value is -2.58. The molecule has 0 spiro atoms. The van der Waals surface area contributed by atoms with Crippen LogP contribution in [-0.4, -0.2) is 80.6 Å². The van der Waals surface area contributed by atoms with Crippen molar-refractivity contribution in [2.45, 2.75) is 75.9 Å². The Morgan fingerprint density at radius 3 is 2.64 bits per heavy atom. The van der Waals surface area contributed by atoms with Crippen LogP contribution in [0.2, 0.25) is 5.02 Å². The molecule has 212 valence electrons. The maximum Gasteiger partial charge on any atom is 0.178 e. The van der Waals surface area contributed by atoms with Crippen molar-refractivity contribution in [2.75, 3.05) is 20.4 Å². The minimum Gasteiger partial charge on any atom is -0.376 e. The molecule has 0 aliphatic carbocycles. The van der Waals surface area contributed by atoms with Gasteiger partial charge in [-0.15, -0.1) is 10.2 Å². The molecule has 1 aromatic carbocycles. The third kappa shape index (κ3) is 5.30. The van der Waals surface area contributed by atoms with Gasteiger partial charge in [-0.25, -0.2) is 22.5 Å². The standard InChI is InChI=1S/C25H30ClF3N6O4/c1-24(2,12-27)35-9-13(30-33-35)8-17-22(36-5)21(23-18(38-17)11-37-25(3,4)39-23)34-10-16(31-32-34)14-6-7-15(26)20(29)19(14)28/h6-7,9-10,17-18,21-23H,8,11-12H2,1-5H3/t17-,18-,21-,22+,23+/m1/s1. The molecular formula is C25H30ClF3N6O4. The predicted octanol–water partition coefficient (Wildman–Crippen LogP) is 3.89. The van der Waals surface area contributed by atoms with Crippen LogP contribution >= 0.6 is 11.6 Å². The molecule has 14 heteroatoms. The van der Waals surface area contributed by atoms with Crippen LogP contribution in [-0.2, 0) is 30.9 Å². The molecule has 0 unspecified atom stereocenters. The van der Waals surface area contributed by atoms with Crippen molar-refractivity contribution >= 4 is 11.6 Å². The zero-order valence-corrected chi connectivity index (χ0v) is 22.9. The summed E-state index contributed by atoms with van der Waals surface area (Å²) in [5.41, 5.74) is -0.244. The summed E-state index contributed by atoms with van der Waals surface area (Å²) in [6, 6.07) is 2.02. The average molecular weight is 571 g/mol. The van der Waals surface area contributed by atoms with Crippen molar-refractivity contribution in [1.82, 2.24) is 30.0 Å². The number of methoxy groups -OCH3 is 1. The number of hydrogen-bond donors (Lipinski definition) is 0. The van der Waals surface area contributed by atoms with Crippen molar-refractivity contribution in [3.05, 3.63) is 46.9 Å². The van der Waals surface area contributed by atoms with E-state index < -0.39 is 60.1 Å². The molecule has 39 heavy (non-hydrogen) atoms. The molecule has 10 nitrogen and oxygen atoms in total. The van der Waals surface area contributed by atoms with E-state index in [9.17, 15) is 13.2 Å². The monoisotopic (exact) mass is 570 g/mol. The molecule has 2 aliphatic rings. The summed E-state index contributed by atoms with van der Waals surface area (Å²) in [6.45, 7) is 6.64. The molecule has 0 saturated carbocycles. The second-order valence-corrected chi connectivity index (χ2v) is 11.2. The van der Waals surface area contributed by atoms with E-state index in [-0.39, 0.29) is 22.9 Å². The highest BCUT2D eigenvalue weighted by atomic mass is 35.5.